The standard InChI is InChI=1S/C20H27ClN4O2S/c1-2-27-19(26)13-3-5-14(6-4-13)28-20-23-16-11-15(21)18(12-17(16)24-20)25-9-7-22-8-10-25/h11-14,22H,2-10H2,1H3,(H,23,24). The molecule has 2 heterocycles. The fourth-order valence-electron chi connectivity index (χ4n) is 4.03. The number of fused-ring (bicyclic) bond motifs is 1. The highest BCUT2D eigenvalue weighted by Crippen LogP contribution is 2.37. The lowest BCUT2D eigenvalue weighted by atomic mass is 9.89. The summed E-state index contributed by atoms with van der Waals surface area (Å²) in [5.74, 6) is 0.0256. The normalized spacial score (nSPS) is 23.1. The van der Waals surface area contributed by atoms with Crippen molar-refractivity contribution in [2.45, 2.75) is 43.0 Å². The lowest BCUT2D eigenvalue weighted by Gasteiger charge is -2.30. The van der Waals surface area contributed by atoms with Gasteiger partial charge in [0, 0.05) is 31.4 Å². The summed E-state index contributed by atoms with van der Waals surface area (Å²) in [7, 11) is 0. The maximum Gasteiger partial charge on any atom is 0.308 e. The molecule has 1 saturated carbocycles. The van der Waals surface area contributed by atoms with Gasteiger partial charge in [-0.15, -0.1) is 0 Å². The maximum absolute atomic E-state index is 11.9. The second-order valence-corrected chi connectivity index (χ2v) is 9.14. The molecular weight excluding hydrogens is 396 g/mol. The SMILES string of the molecule is CCOC(=O)C1CCC(Sc2nc3cc(N4CCNCC4)c(Cl)cc3[nH]2)CC1. The number of piperazine rings is 1. The number of aromatic nitrogens is 2. The number of nitrogens with zero attached hydrogens (tertiary/aromatic N) is 2. The van der Waals surface area contributed by atoms with Gasteiger partial charge in [-0.05, 0) is 44.7 Å². The van der Waals surface area contributed by atoms with E-state index in [0.29, 0.717) is 11.9 Å². The fourth-order valence-corrected chi connectivity index (χ4v) is 5.46. The van der Waals surface area contributed by atoms with E-state index in [9.17, 15) is 4.79 Å². The van der Waals surface area contributed by atoms with Crippen molar-refractivity contribution in [3.63, 3.8) is 0 Å². The van der Waals surface area contributed by atoms with E-state index >= 15 is 0 Å². The number of hydrogen-bond donors (Lipinski definition) is 2. The molecule has 0 unspecified atom stereocenters. The van der Waals surface area contributed by atoms with Gasteiger partial charge in [-0.3, -0.25) is 4.79 Å². The molecule has 152 valence electrons. The first kappa shape index (κ1) is 19.9. The molecule has 4 rings (SSSR count). The number of thioether (sulfide) groups is 1. The van der Waals surface area contributed by atoms with Crippen LogP contribution in [0.2, 0.25) is 5.02 Å². The Labute approximate surface area is 174 Å². The topological polar surface area (TPSA) is 70.2 Å². The van der Waals surface area contributed by atoms with Gasteiger partial charge in [0.1, 0.15) is 0 Å². The van der Waals surface area contributed by atoms with Gasteiger partial charge in [-0.2, -0.15) is 0 Å². The summed E-state index contributed by atoms with van der Waals surface area (Å²) in [5, 5.41) is 5.55. The van der Waals surface area contributed by atoms with E-state index in [1.165, 1.54) is 0 Å². The first-order valence-electron chi connectivity index (χ1n) is 10.1. The van der Waals surface area contributed by atoms with Crippen LogP contribution in [0.1, 0.15) is 32.6 Å². The van der Waals surface area contributed by atoms with E-state index in [2.05, 4.69) is 21.3 Å². The van der Waals surface area contributed by atoms with Crippen LogP contribution in [-0.4, -0.2) is 54.0 Å². The van der Waals surface area contributed by atoms with Gasteiger partial charge < -0.3 is 19.9 Å². The van der Waals surface area contributed by atoms with Crippen LogP contribution in [0.25, 0.3) is 11.0 Å². The Balaban J connectivity index is 1.42. The zero-order valence-electron chi connectivity index (χ0n) is 16.2. The molecule has 2 aromatic rings. The summed E-state index contributed by atoms with van der Waals surface area (Å²) in [6.07, 6.45) is 3.82. The van der Waals surface area contributed by atoms with Crippen molar-refractivity contribution in [2.24, 2.45) is 5.92 Å². The van der Waals surface area contributed by atoms with Gasteiger partial charge in [0.25, 0.3) is 0 Å². The number of nitrogens with one attached hydrogen (secondary N) is 2. The van der Waals surface area contributed by atoms with Crippen molar-refractivity contribution in [3.8, 4) is 0 Å². The number of rotatable bonds is 5. The van der Waals surface area contributed by atoms with Crippen molar-refractivity contribution in [1.82, 2.24) is 15.3 Å². The number of carbonyl (C=O) groups is 1. The summed E-state index contributed by atoms with van der Waals surface area (Å²) < 4.78 is 5.16. The smallest absolute Gasteiger partial charge is 0.308 e. The van der Waals surface area contributed by atoms with E-state index in [0.717, 1.165) is 78.8 Å². The van der Waals surface area contributed by atoms with E-state index < -0.39 is 0 Å². The van der Waals surface area contributed by atoms with Crippen molar-refractivity contribution < 1.29 is 9.53 Å². The molecule has 2 fully saturated rings. The molecular formula is C20H27ClN4O2S. The fraction of sp³-hybridized carbons (Fsp3) is 0.600. The lowest BCUT2D eigenvalue weighted by Crippen LogP contribution is -2.43. The molecule has 0 atom stereocenters. The van der Waals surface area contributed by atoms with Crippen LogP contribution in [0.3, 0.4) is 0 Å². The molecule has 1 aliphatic carbocycles. The molecule has 1 aromatic carbocycles. The summed E-state index contributed by atoms with van der Waals surface area (Å²) in [5.41, 5.74) is 3.00. The van der Waals surface area contributed by atoms with Crippen LogP contribution in [0.15, 0.2) is 17.3 Å². The molecule has 1 aliphatic heterocycles. The van der Waals surface area contributed by atoms with E-state index in [1.54, 1.807) is 11.8 Å². The number of hydrogen-bond acceptors (Lipinski definition) is 6. The van der Waals surface area contributed by atoms with Gasteiger partial charge in [0.2, 0.25) is 0 Å². The van der Waals surface area contributed by atoms with Gasteiger partial charge in [-0.1, -0.05) is 23.4 Å². The Morgan fingerprint density at radius 3 is 2.75 bits per heavy atom. The Morgan fingerprint density at radius 2 is 2.04 bits per heavy atom. The lowest BCUT2D eigenvalue weighted by molar-refractivity contribution is -0.149. The number of carbonyl (C=O) groups excluding carboxylic acids is 1. The molecule has 0 spiro atoms. The van der Waals surface area contributed by atoms with Crippen LogP contribution >= 0.6 is 23.4 Å². The number of esters is 1. The Morgan fingerprint density at radius 1 is 1.29 bits per heavy atom. The van der Waals surface area contributed by atoms with Crippen LogP contribution < -0.4 is 10.2 Å². The number of H-pyrrole nitrogens is 1. The number of ether oxygens (including phenoxy) is 1. The van der Waals surface area contributed by atoms with E-state index in [-0.39, 0.29) is 11.9 Å². The van der Waals surface area contributed by atoms with Crippen molar-refractivity contribution in [3.05, 3.63) is 17.2 Å². The second kappa shape index (κ2) is 8.93. The minimum Gasteiger partial charge on any atom is -0.466 e. The average Bonchev–Trinajstić information content (AvgIpc) is 3.09. The van der Waals surface area contributed by atoms with Crippen LogP contribution in [-0.2, 0) is 9.53 Å². The van der Waals surface area contributed by atoms with Crippen molar-refractivity contribution >= 4 is 46.1 Å². The molecule has 2 N–H and O–H groups in total. The minimum absolute atomic E-state index is 0.0372. The molecule has 0 radical (unpaired) electrons. The molecule has 0 amide bonds. The van der Waals surface area contributed by atoms with E-state index in [4.69, 9.17) is 21.3 Å². The van der Waals surface area contributed by atoms with Crippen molar-refractivity contribution in [2.75, 3.05) is 37.7 Å². The minimum atomic E-state index is -0.0372. The summed E-state index contributed by atoms with van der Waals surface area (Å²) >= 11 is 8.33. The van der Waals surface area contributed by atoms with Crippen LogP contribution in [0.4, 0.5) is 5.69 Å². The molecule has 28 heavy (non-hydrogen) atoms. The Hall–Kier alpha value is -1.44. The Bertz CT molecular complexity index is 829. The summed E-state index contributed by atoms with van der Waals surface area (Å²) in [6.45, 7) is 6.20. The van der Waals surface area contributed by atoms with Gasteiger partial charge in [0.15, 0.2) is 5.16 Å². The van der Waals surface area contributed by atoms with E-state index in [1.807, 2.05) is 13.0 Å². The summed E-state index contributed by atoms with van der Waals surface area (Å²) in [6, 6.07) is 4.09. The highest BCUT2D eigenvalue weighted by molar-refractivity contribution is 7.99. The largest absolute Gasteiger partial charge is 0.466 e. The van der Waals surface area contributed by atoms with Crippen LogP contribution in [0.5, 0.6) is 0 Å². The average molecular weight is 423 g/mol. The number of aromatic amines is 1. The monoisotopic (exact) mass is 422 g/mol. The molecule has 6 nitrogen and oxygen atoms in total. The first-order chi connectivity index (χ1) is 13.6. The quantitative estimate of drug-likeness (QED) is 0.713. The molecule has 1 saturated heterocycles. The predicted molar refractivity (Wildman–Crippen MR) is 114 cm³/mol. The third-order valence-corrected chi connectivity index (χ3v) is 7.08. The highest BCUT2D eigenvalue weighted by Gasteiger charge is 2.28. The molecule has 2 aliphatic rings. The zero-order valence-corrected chi connectivity index (χ0v) is 17.7. The van der Waals surface area contributed by atoms with Gasteiger partial charge in [-0.25, -0.2) is 4.98 Å². The summed E-state index contributed by atoms with van der Waals surface area (Å²) in [4.78, 5) is 22.4. The Kier molecular flexibility index (Phi) is 6.33. The first-order valence-corrected chi connectivity index (χ1v) is 11.4. The molecule has 8 heteroatoms. The second-order valence-electron chi connectivity index (χ2n) is 7.44. The zero-order chi connectivity index (χ0) is 19.5. The number of anilines is 1. The number of halogens is 1. The van der Waals surface area contributed by atoms with Gasteiger partial charge in [0.05, 0.1) is 34.3 Å². The third-order valence-electron chi connectivity index (χ3n) is 5.56. The molecule has 1 aromatic heterocycles. The van der Waals surface area contributed by atoms with Crippen LogP contribution in [0, 0.1) is 5.92 Å². The number of benzene rings is 1. The maximum atomic E-state index is 11.9. The van der Waals surface area contributed by atoms with Gasteiger partial charge >= 0.3 is 5.97 Å². The molecule has 0 bridgehead atoms. The predicted octanol–water partition coefficient (Wildman–Crippen LogP) is 3.84. The number of imidazole rings is 1. The third kappa shape index (κ3) is 4.42. The highest BCUT2D eigenvalue weighted by atomic mass is 35.5. The van der Waals surface area contributed by atoms with Crippen molar-refractivity contribution in [1.29, 1.82) is 0 Å².